The van der Waals surface area contributed by atoms with Crippen LogP contribution in [0.2, 0.25) is 0 Å². The highest BCUT2D eigenvalue weighted by Crippen LogP contribution is 2.21. The lowest BCUT2D eigenvalue weighted by atomic mass is 10.1. The van der Waals surface area contributed by atoms with Gasteiger partial charge in [0.05, 0.1) is 0 Å². The minimum absolute atomic E-state index is 0.177. The molecular weight excluding hydrogens is 371 g/mol. The van der Waals surface area contributed by atoms with Crippen molar-refractivity contribution in [2.75, 3.05) is 10.6 Å². The number of nitrogens with one attached hydrogen (secondary N) is 2. The molecule has 2 N–H and O–H groups in total. The summed E-state index contributed by atoms with van der Waals surface area (Å²) in [5.41, 5.74) is 3.29. The Kier molecular flexibility index (Phi) is 6.07. The maximum absolute atomic E-state index is 13.5. The zero-order valence-corrected chi connectivity index (χ0v) is 16.6. The molecule has 0 fully saturated rings. The van der Waals surface area contributed by atoms with Crippen molar-refractivity contribution in [3.05, 3.63) is 81.5 Å². The quantitative estimate of drug-likeness (QED) is 0.664. The first-order chi connectivity index (χ1) is 13.9. The van der Waals surface area contributed by atoms with Gasteiger partial charge in [-0.1, -0.05) is 31.2 Å². The van der Waals surface area contributed by atoms with E-state index in [1.165, 1.54) is 22.8 Å². The molecule has 0 bridgehead atoms. The van der Waals surface area contributed by atoms with Crippen LogP contribution >= 0.6 is 0 Å². The molecule has 3 rings (SSSR count). The predicted octanol–water partition coefficient (Wildman–Crippen LogP) is 3.94. The van der Waals surface area contributed by atoms with Crippen molar-refractivity contribution >= 4 is 23.2 Å². The predicted molar refractivity (Wildman–Crippen MR) is 112 cm³/mol. The fraction of sp³-hybridized carbons (Fsp3) is 0.227. The van der Waals surface area contributed by atoms with Crippen molar-refractivity contribution in [2.45, 2.75) is 33.7 Å². The Morgan fingerprint density at radius 1 is 1.14 bits per heavy atom. The van der Waals surface area contributed by atoms with Crippen LogP contribution in [0, 0.1) is 19.7 Å². The van der Waals surface area contributed by atoms with Crippen LogP contribution in [0.5, 0.6) is 0 Å². The molecule has 3 aromatic rings. The number of rotatable bonds is 6. The molecule has 1 aromatic heterocycles. The molecule has 1 heterocycles. The Labute approximate surface area is 168 Å². The van der Waals surface area contributed by atoms with Gasteiger partial charge in [0.2, 0.25) is 11.9 Å². The summed E-state index contributed by atoms with van der Waals surface area (Å²) in [6.45, 7) is 5.40. The molecule has 0 spiro atoms. The Morgan fingerprint density at radius 3 is 2.62 bits per heavy atom. The third kappa shape index (κ3) is 4.87. The number of anilines is 3. The van der Waals surface area contributed by atoms with Crippen molar-refractivity contribution < 1.29 is 9.18 Å². The second kappa shape index (κ2) is 8.68. The average Bonchev–Trinajstić information content (AvgIpc) is 2.66. The maximum Gasteiger partial charge on any atom is 0.255 e. The van der Waals surface area contributed by atoms with Gasteiger partial charge < -0.3 is 10.6 Å². The number of aromatic nitrogens is 2. The van der Waals surface area contributed by atoms with E-state index in [0.29, 0.717) is 11.4 Å². The van der Waals surface area contributed by atoms with Gasteiger partial charge in [-0.2, -0.15) is 0 Å². The molecule has 0 aliphatic carbocycles. The molecule has 0 radical (unpaired) electrons. The van der Waals surface area contributed by atoms with Crippen molar-refractivity contribution in [3.63, 3.8) is 0 Å². The van der Waals surface area contributed by atoms with E-state index >= 15 is 0 Å². The summed E-state index contributed by atoms with van der Waals surface area (Å²) >= 11 is 0. The van der Waals surface area contributed by atoms with Crippen LogP contribution in [-0.2, 0) is 17.8 Å². The summed E-state index contributed by atoms with van der Waals surface area (Å²) in [6.07, 6.45) is 0.774. The number of para-hydroxylation sites is 1. The van der Waals surface area contributed by atoms with Crippen LogP contribution < -0.4 is 16.2 Å². The summed E-state index contributed by atoms with van der Waals surface area (Å²) in [7, 11) is 0. The summed E-state index contributed by atoms with van der Waals surface area (Å²) in [6, 6.07) is 13.0. The Bertz CT molecular complexity index is 1110. The van der Waals surface area contributed by atoms with E-state index in [1.807, 2.05) is 32.0 Å². The monoisotopic (exact) mass is 394 g/mol. The number of nitrogens with zero attached hydrogens (tertiary/aromatic N) is 2. The Hall–Kier alpha value is -3.48. The van der Waals surface area contributed by atoms with Gasteiger partial charge >= 0.3 is 0 Å². The minimum atomic E-state index is -0.416. The number of carbonyl (C=O) groups excluding carboxylic acids is 1. The fourth-order valence-corrected chi connectivity index (χ4v) is 3.09. The van der Waals surface area contributed by atoms with Gasteiger partial charge in [0.15, 0.2) is 0 Å². The lowest BCUT2D eigenvalue weighted by molar-refractivity contribution is -0.116. The highest BCUT2D eigenvalue weighted by Gasteiger charge is 2.14. The largest absolute Gasteiger partial charge is 0.325 e. The number of hydrogen-bond acceptors (Lipinski definition) is 4. The second-order valence-corrected chi connectivity index (χ2v) is 6.79. The molecule has 0 aliphatic heterocycles. The third-order valence-corrected chi connectivity index (χ3v) is 4.52. The first-order valence-electron chi connectivity index (χ1n) is 9.36. The zero-order valence-electron chi connectivity index (χ0n) is 16.6. The van der Waals surface area contributed by atoms with E-state index in [4.69, 9.17) is 0 Å². The van der Waals surface area contributed by atoms with E-state index in [0.717, 1.165) is 23.2 Å². The second-order valence-electron chi connectivity index (χ2n) is 6.79. The van der Waals surface area contributed by atoms with Gasteiger partial charge in [-0.25, -0.2) is 9.37 Å². The Balaban J connectivity index is 1.89. The van der Waals surface area contributed by atoms with Crippen molar-refractivity contribution in [3.8, 4) is 0 Å². The zero-order chi connectivity index (χ0) is 21.0. The molecule has 0 saturated carbocycles. The molecule has 0 saturated heterocycles. The molecule has 150 valence electrons. The standard InChI is InChI=1S/C22H23FN4O2/c1-4-16-8-5-7-14(2)21(16)26-19(28)13-27-20(29)11-15(3)24-22(27)25-18-10-6-9-17(23)12-18/h5-12H,4,13H2,1-3H3,(H,24,25)(H,26,28). The van der Waals surface area contributed by atoms with Crippen LogP contribution in [-0.4, -0.2) is 15.5 Å². The molecule has 2 aromatic carbocycles. The van der Waals surface area contributed by atoms with E-state index in [1.54, 1.807) is 19.1 Å². The number of benzene rings is 2. The number of halogens is 1. The highest BCUT2D eigenvalue weighted by molar-refractivity contribution is 5.92. The van der Waals surface area contributed by atoms with E-state index in [2.05, 4.69) is 15.6 Å². The van der Waals surface area contributed by atoms with E-state index < -0.39 is 5.82 Å². The topological polar surface area (TPSA) is 76.0 Å². The first kappa shape index (κ1) is 20.3. The van der Waals surface area contributed by atoms with Gasteiger partial charge in [-0.15, -0.1) is 0 Å². The summed E-state index contributed by atoms with van der Waals surface area (Å²) in [5, 5.41) is 5.84. The lowest BCUT2D eigenvalue weighted by Gasteiger charge is -2.16. The number of amides is 1. The Morgan fingerprint density at radius 2 is 1.90 bits per heavy atom. The molecule has 0 aliphatic rings. The third-order valence-electron chi connectivity index (χ3n) is 4.52. The molecular formula is C22H23FN4O2. The van der Waals surface area contributed by atoms with Crippen LogP contribution in [0.1, 0.15) is 23.7 Å². The summed E-state index contributed by atoms with van der Waals surface area (Å²) in [4.78, 5) is 29.6. The van der Waals surface area contributed by atoms with Crippen LogP contribution in [0.4, 0.5) is 21.7 Å². The van der Waals surface area contributed by atoms with Crippen LogP contribution in [0.3, 0.4) is 0 Å². The summed E-state index contributed by atoms with van der Waals surface area (Å²) in [5.74, 6) is -0.582. The lowest BCUT2D eigenvalue weighted by Crippen LogP contribution is -2.30. The van der Waals surface area contributed by atoms with Gasteiger partial charge in [0.1, 0.15) is 12.4 Å². The van der Waals surface area contributed by atoms with Crippen LogP contribution in [0.15, 0.2) is 53.3 Å². The van der Waals surface area contributed by atoms with Gasteiger partial charge in [0, 0.05) is 23.1 Å². The minimum Gasteiger partial charge on any atom is -0.325 e. The SMILES string of the molecule is CCc1cccc(C)c1NC(=O)Cn1c(Nc2cccc(F)c2)nc(C)cc1=O. The van der Waals surface area contributed by atoms with Crippen molar-refractivity contribution in [2.24, 2.45) is 0 Å². The molecule has 6 nitrogen and oxygen atoms in total. The van der Waals surface area contributed by atoms with Gasteiger partial charge in [0.25, 0.3) is 5.56 Å². The van der Waals surface area contributed by atoms with Crippen molar-refractivity contribution in [1.29, 1.82) is 0 Å². The fourth-order valence-electron chi connectivity index (χ4n) is 3.09. The number of carbonyl (C=O) groups is 1. The molecule has 0 unspecified atom stereocenters. The van der Waals surface area contributed by atoms with Gasteiger partial charge in [-0.05, 0) is 49.6 Å². The van der Waals surface area contributed by atoms with Crippen molar-refractivity contribution in [1.82, 2.24) is 9.55 Å². The molecule has 0 atom stereocenters. The number of hydrogen-bond donors (Lipinski definition) is 2. The number of aryl methyl sites for hydroxylation is 3. The van der Waals surface area contributed by atoms with Crippen LogP contribution in [0.25, 0.3) is 0 Å². The normalized spacial score (nSPS) is 10.6. The molecule has 29 heavy (non-hydrogen) atoms. The molecule has 1 amide bonds. The summed E-state index contributed by atoms with van der Waals surface area (Å²) < 4.78 is 14.7. The van der Waals surface area contributed by atoms with E-state index in [-0.39, 0.29) is 24.0 Å². The smallest absolute Gasteiger partial charge is 0.255 e. The average molecular weight is 394 g/mol. The first-order valence-corrected chi connectivity index (χ1v) is 9.36. The highest BCUT2D eigenvalue weighted by atomic mass is 19.1. The molecule has 7 heteroatoms. The maximum atomic E-state index is 13.5. The van der Waals surface area contributed by atoms with Gasteiger partial charge in [-0.3, -0.25) is 14.2 Å². The van der Waals surface area contributed by atoms with E-state index in [9.17, 15) is 14.0 Å².